The molecule has 7 heteroatoms. The lowest BCUT2D eigenvalue weighted by molar-refractivity contribution is -0.140. The van der Waals surface area contributed by atoms with Crippen LogP contribution in [0.25, 0.3) is 0 Å². The summed E-state index contributed by atoms with van der Waals surface area (Å²) in [5.41, 5.74) is 1.34. The van der Waals surface area contributed by atoms with E-state index in [1.165, 1.54) is 11.8 Å². The van der Waals surface area contributed by atoms with Crippen molar-refractivity contribution in [2.75, 3.05) is 5.75 Å². The average molecular weight is 530 g/mol. The minimum absolute atomic E-state index is 0.130. The van der Waals surface area contributed by atoms with E-state index in [1.54, 1.807) is 17.0 Å². The molecule has 3 rings (SSSR count). The van der Waals surface area contributed by atoms with Crippen LogP contribution >= 0.6 is 35.0 Å². The number of thioether (sulfide) groups is 1. The van der Waals surface area contributed by atoms with Crippen molar-refractivity contribution in [1.82, 2.24) is 10.2 Å². The van der Waals surface area contributed by atoms with Gasteiger partial charge < -0.3 is 10.2 Å². The Balaban J connectivity index is 1.94. The van der Waals surface area contributed by atoms with Gasteiger partial charge in [0.05, 0.1) is 15.8 Å². The summed E-state index contributed by atoms with van der Waals surface area (Å²) in [5.74, 6) is -0.117. The third kappa shape index (κ3) is 8.60. The maximum absolute atomic E-state index is 13.6. The van der Waals surface area contributed by atoms with E-state index in [2.05, 4.69) is 5.32 Å². The van der Waals surface area contributed by atoms with Crippen molar-refractivity contribution in [3.8, 4) is 0 Å². The molecule has 35 heavy (non-hydrogen) atoms. The second-order valence-electron chi connectivity index (χ2n) is 9.32. The number of hydrogen-bond acceptors (Lipinski definition) is 3. The topological polar surface area (TPSA) is 49.4 Å². The highest BCUT2D eigenvalue weighted by molar-refractivity contribution is 8.00. The quantitative estimate of drug-likeness (QED) is 0.316. The highest BCUT2D eigenvalue weighted by atomic mass is 35.5. The Bertz CT molecular complexity index is 1130. The average Bonchev–Trinajstić information content (AvgIpc) is 2.82. The fourth-order valence-electron chi connectivity index (χ4n) is 3.59. The molecule has 0 aliphatic carbocycles. The van der Waals surface area contributed by atoms with Crippen molar-refractivity contribution < 1.29 is 9.59 Å². The molecule has 3 aromatic rings. The molecule has 0 fully saturated rings. The van der Waals surface area contributed by atoms with E-state index in [4.69, 9.17) is 23.2 Å². The summed E-state index contributed by atoms with van der Waals surface area (Å²) in [6.07, 6.45) is 0.395. The maximum Gasteiger partial charge on any atom is 0.243 e. The van der Waals surface area contributed by atoms with E-state index in [-0.39, 0.29) is 24.1 Å². The largest absolute Gasteiger partial charge is 0.350 e. The normalized spacial score (nSPS) is 12.1. The molecule has 3 aromatic carbocycles. The van der Waals surface area contributed by atoms with Gasteiger partial charge in [0.2, 0.25) is 11.8 Å². The molecule has 1 atom stereocenters. The van der Waals surface area contributed by atoms with Crippen LogP contribution in [0.15, 0.2) is 83.8 Å². The number of carbonyl (C=O) groups is 2. The molecule has 1 N–H and O–H groups in total. The van der Waals surface area contributed by atoms with Crippen molar-refractivity contribution in [2.24, 2.45) is 0 Å². The van der Waals surface area contributed by atoms with E-state index >= 15 is 0 Å². The molecule has 0 bridgehead atoms. The first-order chi connectivity index (χ1) is 16.6. The number of rotatable bonds is 9. The third-order valence-electron chi connectivity index (χ3n) is 5.21. The first-order valence-electron chi connectivity index (χ1n) is 11.4. The Kier molecular flexibility index (Phi) is 9.67. The summed E-state index contributed by atoms with van der Waals surface area (Å²) in [6.45, 7) is 6.03. The fraction of sp³-hybridized carbons (Fsp3) is 0.286. The van der Waals surface area contributed by atoms with Crippen LogP contribution in [0.3, 0.4) is 0 Å². The van der Waals surface area contributed by atoms with Gasteiger partial charge in [-0.2, -0.15) is 0 Å². The molecule has 184 valence electrons. The summed E-state index contributed by atoms with van der Waals surface area (Å²) in [5, 5.41) is 3.92. The van der Waals surface area contributed by atoms with Crippen LogP contribution in [0, 0.1) is 0 Å². The Hall–Kier alpha value is -2.47. The third-order valence-corrected chi connectivity index (χ3v) is 6.95. The van der Waals surface area contributed by atoms with Crippen LogP contribution in [0.1, 0.15) is 31.9 Å². The predicted octanol–water partition coefficient (Wildman–Crippen LogP) is 6.64. The number of nitrogens with one attached hydrogen (secondary N) is 1. The predicted molar refractivity (Wildman–Crippen MR) is 146 cm³/mol. The van der Waals surface area contributed by atoms with Crippen molar-refractivity contribution in [1.29, 1.82) is 0 Å². The Labute approximate surface area is 222 Å². The fourth-order valence-corrected chi connectivity index (χ4v) is 4.71. The maximum atomic E-state index is 13.6. The van der Waals surface area contributed by atoms with E-state index in [9.17, 15) is 9.59 Å². The van der Waals surface area contributed by atoms with E-state index in [1.807, 2.05) is 87.5 Å². The van der Waals surface area contributed by atoms with Crippen molar-refractivity contribution in [2.45, 2.75) is 50.2 Å². The lowest BCUT2D eigenvalue weighted by Crippen LogP contribution is -2.54. The van der Waals surface area contributed by atoms with Gasteiger partial charge in [0.15, 0.2) is 0 Å². The molecule has 0 spiro atoms. The minimum atomic E-state index is -0.699. The Morgan fingerprint density at radius 1 is 0.886 bits per heavy atom. The minimum Gasteiger partial charge on any atom is -0.350 e. The van der Waals surface area contributed by atoms with E-state index < -0.39 is 11.6 Å². The van der Waals surface area contributed by atoms with Gasteiger partial charge in [0, 0.05) is 23.4 Å². The zero-order valence-corrected chi connectivity index (χ0v) is 22.5. The van der Waals surface area contributed by atoms with Gasteiger partial charge in [-0.1, -0.05) is 77.8 Å². The van der Waals surface area contributed by atoms with Crippen molar-refractivity contribution in [3.05, 3.63) is 100 Å². The van der Waals surface area contributed by atoms with Crippen LogP contribution < -0.4 is 5.32 Å². The lowest BCUT2D eigenvalue weighted by Gasteiger charge is -2.34. The van der Waals surface area contributed by atoms with Crippen molar-refractivity contribution in [3.63, 3.8) is 0 Å². The number of hydrogen-bond donors (Lipinski definition) is 1. The number of nitrogens with zero attached hydrogens (tertiary/aromatic N) is 1. The second kappa shape index (κ2) is 12.5. The van der Waals surface area contributed by atoms with Crippen LogP contribution in [0.2, 0.25) is 10.0 Å². The van der Waals surface area contributed by atoms with Gasteiger partial charge >= 0.3 is 0 Å². The summed E-state index contributed by atoms with van der Waals surface area (Å²) < 4.78 is 0. The SMILES string of the molecule is CC(C)(C)NC(=O)C(Cc1ccccc1)N(Cc1ccc(Cl)c(Cl)c1)C(=O)CSc1ccccc1. The molecular weight excluding hydrogens is 499 g/mol. The molecule has 0 heterocycles. The summed E-state index contributed by atoms with van der Waals surface area (Å²) in [7, 11) is 0. The molecule has 0 aliphatic rings. The lowest BCUT2D eigenvalue weighted by atomic mass is 10.0. The van der Waals surface area contributed by atoms with Crippen LogP contribution in [0.4, 0.5) is 0 Å². The summed E-state index contributed by atoms with van der Waals surface area (Å²) in [4.78, 5) is 29.8. The zero-order valence-electron chi connectivity index (χ0n) is 20.1. The molecular formula is C28H30Cl2N2O2S. The number of benzene rings is 3. The zero-order chi connectivity index (χ0) is 25.4. The van der Waals surface area contributed by atoms with E-state index in [0.29, 0.717) is 16.5 Å². The molecule has 2 amide bonds. The first kappa shape index (κ1) is 27.1. The van der Waals surface area contributed by atoms with Gasteiger partial charge in [0.25, 0.3) is 0 Å². The highest BCUT2D eigenvalue weighted by Gasteiger charge is 2.32. The summed E-state index contributed by atoms with van der Waals surface area (Å²) >= 11 is 13.8. The van der Waals surface area contributed by atoms with Crippen molar-refractivity contribution >= 4 is 46.8 Å². The van der Waals surface area contributed by atoms with Crippen LogP contribution in [0.5, 0.6) is 0 Å². The van der Waals surface area contributed by atoms with Gasteiger partial charge in [-0.25, -0.2) is 0 Å². The molecule has 0 aromatic heterocycles. The van der Waals surface area contributed by atoms with Gasteiger partial charge in [-0.3, -0.25) is 9.59 Å². The highest BCUT2D eigenvalue weighted by Crippen LogP contribution is 2.25. The molecule has 0 saturated carbocycles. The smallest absolute Gasteiger partial charge is 0.243 e. The molecule has 1 unspecified atom stereocenters. The second-order valence-corrected chi connectivity index (χ2v) is 11.2. The van der Waals surface area contributed by atoms with Crippen LogP contribution in [-0.4, -0.2) is 34.0 Å². The number of amides is 2. The summed E-state index contributed by atoms with van der Waals surface area (Å²) in [6, 6.07) is 24.1. The molecule has 0 radical (unpaired) electrons. The molecule has 4 nitrogen and oxygen atoms in total. The van der Waals surface area contributed by atoms with Gasteiger partial charge in [0.1, 0.15) is 6.04 Å². The molecule has 0 aliphatic heterocycles. The van der Waals surface area contributed by atoms with Crippen LogP contribution in [-0.2, 0) is 22.6 Å². The molecule has 0 saturated heterocycles. The van der Waals surface area contributed by atoms with Gasteiger partial charge in [-0.15, -0.1) is 11.8 Å². The monoisotopic (exact) mass is 528 g/mol. The number of halogens is 2. The number of carbonyl (C=O) groups excluding carboxylic acids is 2. The Morgan fingerprint density at radius 2 is 1.51 bits per heavy atom. The van der Waals surface area contributed by atoms with Gasteiger partial charge in [-0.05, 0) is 56.2 Å². The standard InChI is InChI=1S/C28H30Cl2N2O2S/c1-28(2,3)31-27(34)25(17-20-10-6-4-7-11-20)32(18-21-14-15-23(29)24(30)16-21)26(33)19-35-22-12-8-5-9-13-22/h4-16,25H,17-19H2,1-3H3,(H,31,34). The Morgan fingerprint density at radius 3 is 2.11 bits per heavy atom. The van der Waals surface area contributed by atoms with E-state index in [0.717, 1.165) is 16.0 Å². The first-order valence-corrected chi connectivity index (χ1v) is 13.1.